The molecule has 0 bridgehead atoms. The molecule has 0 aliphatic carbocycles. The molecule has 10 nitrogen and oxygen atoms in total. The van der Waals surface area contributed by atoms with E-state index in [1.807, 2.05) is 18.2 Å². The molecule has 1 fully saturated rings. The third-order valence-electron chi connectivity index (χ3n) is 5.64. The SMILES string of the molecule is CC(C)c1cc(Nc2cc(N3CCOCC3)nc(NCc3cc(-c4ccc(F)cc4)no3)n2)n[nH]1. The molecule has 1 aliphatic rings. The molecule has 4 heterocycles. The predicted molar refractivity (Wildman–Crippen MR) is 130 cm³/mol. The van der Waals surface area contributed by atoms with Crippen molar-refractivity contribution >= 4 is 23.4 Å². The van der Waals surface area contributed by atoms with Gasteiger partial charge in [-0.1, -0.05) is 19.0 Å². The minimum Gasteiger partial charge on any atom is -0.378 e. The molecule has 0 unspecified atom stereocenters. The van der Waals surface area contributed by atoms with Crippen molar-refractivity contribution in [3.8, 4) is 11.3 Å². The second-order valence-electron chi connectivity index (χ2n) is 8.56. The Hall–Kier alpha value is -3.99. The van der Waals surface area contributed by atoms with Crippen molar-refractivity contribution < 1.29 is 13.7 Å². The fraction of sp³-hybridized carbons (Fsp3) is 0.333. The van der Waals surface area contributed by atoms with Crippen LogP contribution < -0.4 is 15.5 Å². The van der Waals surface area contributed by atoms with E-state index >= 15 is 0 Å². The number of benzene rings is 1. The number of ether oxygens (including phenoxy) is 1. The van der Waals surface area contributed by atoms with Gasteiger partial charge < -0.3 is 24.8 Å². The summed E-state index contributed by atoms with van der Waals surface area (Å²) in [5, 5.41) is 18.0. The van der Waals surface area contributed by atoms with Crippen LogP contribution in [0.5, 0.6) is 0 Å². The zero-order valence-electron chi connectivity index (χ0n) is 19.6. The van der Waals surface area contributed by atoms with Crippen molar-refractivity contribution in [3.05, 3.63) is 59.7 Å². The highest BCUT2D eigenvalue weighted by molar-refractivity contribution is 5.60. The second-order valence-corrected chi connectivity index (χ2v) is 8.56. The van der Waals surface area contributed by atoms with Gasteiger partial charge in [-0.15, -0.1) is 0 Å². The Morgan fingerprint density at radius 1 is 1.06 bits per heavy atom. The standard InChI is InChI=1S/C24H27FN8O2/c1-15(2)19-12-22(31-30-19)27-21-13-23(33-7-9-34-10-8-33)29-24(28-21)26-14-18-11-20(32-35-18)16-3-5-17(25)6-4-16/h3-6,11-13,15H,7-10,14H2,1-2H3,(H3,26,27,28,29,30,31). The summed E-state index contributed by atoms with van der Waals surface area (Å²) in [7, 11) is 0. The van der Waals surface area contributed by atoms with Gasteiger partial charge in [0.05, 0.1) is 19.8 Å². The topological polar surface area (TPSA) is 117 Å². The molecule has 5 rings (SSSR count). The van der Waals surface area contributed by atoms with Crippen LogP contribution >= 0.6 is 0 Å². The lowest BCUT2D eigenvalue weighted by atomic mass is 10.1. The van der Waals surface area contributed by atoms with Gasteiger partial charge in [0.1, 0.15) is 23.1 Å². The molecule has 0 spiro atoms. The van der Waals surface area contributed by atoms with Gasteiger partial charge in [0.2, 0.25) is 5.95 Å². The molecule has 0 saturated carbocycles. The third kappa shape index (κ3) is 5.57. The van der Waals surface area contributed by atoms with Crippen LogP contribution in [0.25, 0.3) is 11.3 Å². The molecule has 0 atom stereocenters. The molecular formula is C24H27FN8O2. The largest absolute Gasteiger partial charge is 0.378 e. The van der Waals surface area contributed by atoms with E-state index in [2.05, 4.69) is 49.7 Å². The minimum absolute atomic E-state index is 0.295. The van der Waals surface area contributed by atoms with Gasteiger partial charge in [0.25, 0.3) is 0 Å². The predicted octanol–water partition coefficient (Wildman–Crippen LogP) is 4.31. The molecule has 3 aromatic heterocycles. The molecule has 1 saturated heterocycles. The van der Waals surface area contributed by atoms with Crippen LogP contribution in [-0.4, -0.2) is 51.6 Å². The zero-order chi connectivity index (χ0) is 24.2. The Labute approximate surface area is 201 Å². The maximum Gasteiger partial charge on any atom is 0.227 e. The lowest BCUT2D eigenvalue weighted by Gasteiger charge is -2.28. The maximum absolute atomic E-state index is 13.2. The van der Waals surface area contributed by atoms with Crippen LogP contribution in [0.4, 0.5) is 27.8 Å². The monoisotopic (exact) mass is 478 g/mol. The number of aromatic nitrogens is 5. The van der Waals surface area contributed by atoms with Gasteiger partial charge in [-0.05, 0) is 30.2 Å². The minimum atomic E-state index is -0.295. The van der Waals surface area contributed by atoms with Crippen molar-refractivity contribution in [2.45, 2.75) is 26.3 Å². The summed E-state index contributed by atoms with van der Waals surface area (Å²) >= 11 is 0. The highest BCUT2D eigenvalue weighted by atomic mass is 19.1. The number of rotatable bonds is 8. The summed E-state index contributed by atoms with van der Waals surface area (Å²) in [4.78, 5) is 11.5. The highest BCUT2D eigenvalue weighted by Crippen LogP contribution is 2.24. The smallest absolute Gasteiger partial charge is 0.227 e. The van der Waals surface area contributed by atoms with Gasteiger partial charge in [-0.3, -0.25) is 5.10 Å². The Kier molecular flexibility index (Phi) is 6.57. The fourth-order valence-electron chi connectivity index (χ4n) is 3.68. The zero-order valence-corrected chi connectivity index (χ0v) is 19.6. The number of H-pyrrole nitrogens is 1. The first kappa shape index (κ1) is 22.8. The molecule has 1 aromatic carbocycles. The average Bonchev–Trinajstić information content (AvgIpc) is 3.54. The van der Waals surface area contributed by atoms with Crippen LogP contribution in [0.3, 0.4) is 0 Å². The Morgan fingerprint density at radius 2 is 1.86 bits per heavy atom. The maximum atomic E-state index is 13.2. The Balaban J connectivity index is 1.34. The molecule has 1 aliphatic heterocycles. The third-order valence-corrected chi connectivity index (χ3v) is 5.64. The Bertz CT molecular complexity index is 1260. The van der Waals surface area contributed by atoms with Crippen molar-refractivity contribution in [1.82, 2.24) is 25.3 Å². The fourth-order valence-corrected chi connectivity index (χ4v) is 3.68. The van der Waals surface area contributed by atoms with Crippen LogP contribution in [0.15, 0.2) is 47.0 Å². The van der Waals surface area contributed by atoms with Gasteiger partial charge in [-0.2, -0.15) is 15.1 Å². The molecule has 4 aromatic rings. The average molecular weight is 479 g/mol. The first-order valence-corrected chi connectivity index (χ1v) is 11.5. The van der Waals surface area contributed by atoms with E-state index in [9.17, 15) is 4.39 Å². The van der Waals surface area contributed by atoms with Gasteiger partial charge >= 0.3 is 0 Å². The van der Waals surface area contributed by atoms with Crippen molar-refractivity contribution in [1.29, 1.82) is 0 Å². The van der Waals surface area contributed by atoms with Crippen LogP contribution in [0, 0.1) is 5.82 Å². The van der Waals surface area contributed by atoms with E-state index < -0.39 is 0 Å². The molecular weight excluding hydrogens is 451 g/mol. The van der Waals surface area contributed by atoms with E-state index in [1.165, 1.54) is 12.1 Å². The summed E-state index contributed by atoms with van der Waals surface area (Å²) in [5.74, 6) is 3.18. The van der Waals surface area contributed by atoms with Gasteiger partial charge in [0, 0.05) is 42.5 Å². The van der Waals surface area contributed by atoms with E-state index in [0.717, 1.165) is 30.2 Å². The van der Waals surface area contributed by atoms with Crippen LogP contribution in [0.1, 0.15) is 31.2 Å². The number of anilines is 4. The number of halogens is 1. The van der Waals surface area contributed by atoms with E-state index in [1.54, 1.807) is 12.1 Å². The Morgan fingerprint density at radius 3 is 2.60 bits per heavy atom. The van der Waals surface area contributed by atoms with Gasteiger partial charge in [-0.25, -0.2) is 4.39 Å². The normalized spacial score (nSPS) is 13.9. The summed E-state index contributed by atoms with van der Waals surface area (Å²) in [6, 6.07) is 11.8. The van der Waals surface area contributed by atoms with Crippen LogP contribution in [0.2, 0.25) is 0 Å². The molecule has 3 N–H and O–H groups in total. The molecule has 35 heavy (non-hydrogen) atoms. The number of nitrogens with one attached hydrogen (secondary N) is 3. The number of aromatic amines is 1. The quantitative estimate of drug-likeness (QED) is 0.340. The summed E-state index contributed by atoms with van der Waals surface area (Å²) in [5.41, 5.74) is 2.44. The number of morpholine rings is 1. The lowest BCUT2D eigenvalue weighted by Crippen LogP contribution is -2.37. The molecule has 0 radical (unpaired) electrons. The number of nitrogens with zero attached hydrogens (tertiary/aromatic N) is 5. The van der Waals surface area contributed by atoms with Crippen molar-refractivity contribution in [2.24, 2.45) is 0 Å². The first-order valence-electron chi connectivity index (χ1n) is 11.5. The lowest BCUT2D eigenvalue weighted by molar-refractivity contribution is 0.122. The van der Waals surface area contributed by atoms with Crippen molar-refractivity contribution in [3.63, 3.8) is 0 Å². The van der Waals surface area contributed by atoms with E-state index in [-0.39, 0.29) is 5.82 Å². The second kappa shape index (κ2) is 10.1. The van der Waals surface area contributed by atoms with Crippen molar-refractivity contribution in [2.75, 3.05) is 41.8 Å². The van der Waals surface area contributed by atoms with E-state index in [4.69, 9.17) is 14.2 Å². The molecule has 182 valence electrons. The van der Waals surface area contributed by atoms with E-state index in [0.29, 0.717) is 54.7 Å². The summed E-state index contributed by atoms with van der Waals surface area (Å²) in [6.45, 7) is 7.34. The van der Waals surface area contributed by atoms with Crippen LogP contribution in [-0.2, 0) is 11.3 Å². The van der Waals surface area contributed by atoms with Gasteiger partial charge in [0.15, 0.2) is 11.6 Å². The highest BCUT2D eigenvalue weighted by Gasteiger charge is 2.16. The summed E-state index contributed by atoms with van der Waals surface area (Å²) < 4.78 is 24.1. The molecule has 0 amide bonds. The first-order chi connectivity index (χ1) is 17.0. The summed E-state index contributed by atoms with van der Waals surface area (Å²) in [6.07, 6.45) is 0. The number of hydrogen-bond acceptors (Lipinski definition) is 9. The number of hydrogen-bond donors (Lipinski definition) is 3. The molecule has 11 heteroatoms.